The van der Waals surface area contributed by atoms with Crippen molar-refractivity contribution in [3.8, 4) is 5.75 Å². The molecule has 0 bridgehead atoms. The van der Waals surface area contributed by atoms with Crippen LogP contribution in [0.5, 0.6) is 5.75 Å². The van der Waals surface area contributed by atoms with Crippen LogP contribution in [0.2, 0.25) is 0 Å². The van der Waals surface area contributed by atoms with Crippen LogP contribution >= 0.6 is 27.7 Å². The quantitative estimate of drug-likeness (QED) is 0.275. The van der Waals surface area contributed by atoms with Crippen LogP contribution in [0.25, 0.3) is 5.65 Å². The lowest BCUT2D eigenvalue weighted by Gasteiger charge is -2.07. The number of thioether (sulfide) groups is 1. The molecule has 2 N–H and O–H groups in total. The number of aromatic nitrogens is 4. The number of sulfonamides is 1. The lowest BCUT2D eigenvalue weighted by molar-refractivity contribution is -0.113. The molecular formula is C22H21BrN6O4S2. The number of ether oxygens (including phenoxy) is 1. The van der Waals surface area contributed by atoms with Gasteiger partial charge in [0.1, 0.15) is 10.8 Å². The van der Waals surface area contributed by atoms with Crippen molar-refractivity contribution >= 4 is 55.0 Å². The van der Waals surface area contributed by atoms with Crippen LogP contribution in [0.15, 0.2) is 75.1 Å². The second-order valence-electron chi connectivity index (χ2n) is 7.22. The number of hydrogen-bond acceptors (Lipinski definition) is 8. The molecule has 0 radical (unpaired) electrons. The minimum Gasteiger partial charge on any atom is -0.497 e. The molecule has 4 aromatic rings. The van der Waals surface area contributed by atoms with Gasteiger partial charge in [-0.05, 0) is 60.7 Å². The van der Waals surface area contributed by atoms with Crippen LogP contribution in [0.4, 0.5) is 5.69 Å². The average molecular weight is 577 g/mol. The molecule has 13 heteroatoms. The summed E-state index contributed by atoms with van der Waals surface area (Å²) in [7, 11) is -2.17. The third-order valence-corrected chi connectivity index (χ3v) is 7.72. The fourth-order valence-electron chi connectivity index (χ4n) is 3.05. The van der Waals surface area contributed by atoms with Crippen LogP contribution in [-0.4, -0.2) is 53.5 Å². The van der Waals surface area contributed by atoms with E-state index in [1.54, 1.807) is 28.8 Å². The molecule has 0 aliphatic rings. The standard InChI is InChI=1S/C22H21BrN6O4S2/c1-33-17-6-8-18(9-7-17)35(31,32)24-13-12-20-27-26-19-10-11-22(28-29(19)20)34-14-21(30)25-16-4-2-15(23)3-5-16/h2-11,24H,12-14H2,1H3,(H,25,30). The number of fused-ring (bicyclic) bond motifs is 1. The molecule has 182 valence electrons. The second kappa shape index (κ2) is 11.2. The van der Waals surface area contributed by atoms with Gasteiger partial charge in [0.25, 0.3) is 0 Å². The van der Waals surface area contributed by atoms with Gasteiger partial charge in [-0.2, -0.15) is 9.61 Å². The maximum absolute atomic E-state index is 12.5. The predicted octanol–water partition coefficient (Wildman–Crippen LogP) is 3.15. The Morgan fingerprint density at radius 3 is 2.51 bits per heavy atom. The van der Waals surface area contributed by atoms with Crippen molar-refractivity contribution in [2.45, 2.75) is 16.3 Å². The van der Waals surface area contributed by atoms with Gasteiger partial charge in [0.05, 0.1) is 17.8 Å². The fraction of sp³-hybridized carbons (Fsp3) is 0.182. The van der Waals surface area contributed by atoms with E-state index in [4.69, 9.17) is 4.74 Å². The Balaban J connectivity index is 1.35. The summed E-state index contributed by atoms with van der Waals surface area (Å²) >= 11 is 4.64. The topological polar surface area (TPSA) is 128 Å². The summed E-state index contributed by atoms with van der Waals surface area (Å²) in [6.45, 7) is 0.115. The molecular weight excluding hydrogens is 556 g/mol. The molecule has 0 aliphatic heterocycles. The highest BCUT2D eigenvalue weighted by molar-refractivity contribution is 9.10. The lowest BCUT2D eigenvalue weighted by atomic mass is 10.3. The van der Waals surface area contributed by atoms with E-state index < -0.39 is 10.0 Å². The number of rotatable bonds is 10. The van der Waals surface area contributed by atoms with E-state index in [0.717, 1.165) is 4.47 Å². The number of methoxy groups -OCH3 is 1. The normalized spacial score (nSPS) is 11.5. The second-order valence-corrected chi connectivity index (χ2v) is 10.9. The molecule has 0 atom stereocenters. The first-order valence-electron chi connectivity index (χ1n) is 10.4. The lowest BCUT2D eigenvalue weighted by Crippen LogP contribution is -2.26. The highest BCUT2D eigenvalue weighted by atomic mass is 79.9. The Bertz CT molecular complexity index is 1430. The Kier molecular flexibility index (Phi) is 8.00. The van der Waals surface area contributed by atoms with Gasteiger partial charge in [-0.1, -0.05) is 27.7 Å². The van der Waals surface area contributed by atoms with Gasteiger partial charge in [0, 0.05) is 23.1 Å². The average Bonchev–Trinajstić information content (AvgIpc) is 3.26. The van der Waals surface area contributed by atoms with E-state index in [2.05, 4.69) is 41.3 Å². The molecule has 35 heavy (non-hydrogen) atoms. The van der Waals surface area contributed by atoms with Crippen molar-refractivity contribution in [2.24, 2.45) is 0 Å². The van der Waals surface area contributed by atoms with Crippen molar-refractivity contribution in [2.75, 3.05) is 24.7 Å². The number of anilines is 1. The molecule has 0 aliphatic carbocycles. The van der Waals surface area contributed by atoms with Crippen molar-refractivity contribution in [1.29, 1.82) is 0 Å². The van der Waals surface area contributed by atoms with Crippen LogP contribution in [-0.2, 0) is 21.2 Å². The van der Waals surface area contributed by atoms with Crippen LogP contribution in [0.1, 0.15) is 5.82 Å². The molecule has 2 aromatic heterocycles. The minimum atomic E-state index is -3.68. The van der Waals surface area contributed by atoms with Gasteiger partial charge in [-0.3, -0.25) is 4.79 Å². The molecule has 2 aromatic carbocycles. The van der Waals surface area contributed by atoms with E-state index in [1.807, 2.05) is 24.3 Å². The van der Waals surface area contributed by atoms with E-state index in [9.17, 15) is 13.2 Å². The maximum Gasteiger partial charge on any atom is 0.240 e. The Labute approximate surface area is 214 Å². The number of nitrogens with zero attached hydrogens (tertiary/aromatic N) is 4. The number of carbonyl (C=O) groups excluding carboxylic acids is 1. The number of nitrogens with one attached hydrogen (secondary N) is 2. The number of carbonyl (C=O) groups is 1. The van der Waals surface area contributed by atoms with E-state index in [0.29, 0.717) is 27.9 Å². The molecule has 1 amide bonds. The van der Waals surface area contributed by atoms with Gasteiger partial charge >= 0.3 is 0 Å². The van der Waals surface area contributed by atoms with Gasteiger partial charge < -0.3 is 10.1 Å². The first kappa shape index (κ1) is 25.1. The number of amides is 1. The predicted molar refractivity (Wildman–Crippen MR) is 136 cm³/mol. The van der Waals surface area contributed by atoms with Crippen LogP contribution in [0, 0.1) is 0 Å². The van der Waals surface area contributed by atoms with Gasteiger partial charge in [-0.15, -0.1) is 10.2 Å². The Hall–Kier alpha value is -3.00. The zero-order chi connectivity index (χ0) is 24.8. The van der Waals surface area contributed by atoms with Gasteiger partial charge in [0.15, 0.2) is 11.5 Å². The minimum absolute atomic E-state index is 0.115. The van der Waals surface area contributed by atoms with Crippen molar-refractivity contribution in [3.05, 3.63) is 71.0 Å². The monoisotopic (exact) mass is 576 g/mol. The summed E-state index contributed by atoms with van der Waals surface area (Å²) in [4.78, 5) is 12.4. The molecule has 0 spiro atoms. The fourth-order valence-corrected chi connectivity index (χ4v) is 5.01. The maximum atomic E-state index is 12.5. The highest BCUT2D eigenvalue weighted by Gasteiger charge is 2.15. The number of benzene rings is 2. The highest BCUT2D eigenvalue weighted by Crippen LogP contribution is 2.19. The third kappa shape index (κ3) is 6.57. The molecule has 0 saturated carbocycles. The summed E-state index contributed by atoms with van der Waals surface area (Å²) in [5, 5.41) is 16.1. The summed E-state index contributed by atoms with van der Waals surface area (Å²) in [5.74, 6) is 1.09. The largest absolute Gasteiger partial charge is 0.497 e. The van der Waals surface area contributed by atoms with Gasteiger partial charge in [0.2, 0.25) is 15.9 Å². The zero-order valence-corrected chi connectivity index (χ0v) is 21.7. The molecule has 0 saturated heterocycles. The first-order valence-corrected chi connectivity index (χ1v) is 13.6. The first-order chi connectivity index (χ1) is 16.8. The summed E-state index contributed by atoms with van der Waals surface area (Å²) in [5.41, 5.74) is 1.24. The van der Waals surface area contributed by atoms with Crippen LogP contribution < -0.4 is 14.8 Å². The van der Waals surface area contributed by atoms with E-state index in [-0.39, 0.29) is 29.5 Å². The van der Waals surface area contributed by atoms with Crippen molar-refractivity contribution in [1.82, 2.24) is 24.5 Å². The number of halogens is 1. The van der Waals surface area contributed by atoms with E-state index in [1.165, 1.54) is 31.0 Å². The molecule has 2 heterocycles. The third-order valence-electron chi connectivity index (χ3n) is 4.79. The Morgan fingerprint density at radius 1 is 1.06 bits per heavy atom. The molecule has 10 nitrogen and oxygen atoms in total. The number of hydrogen-bond donors (Lipinski definition) is 2. The molecule has 4 rings (SSSR count). The zero-order valence-electron chi connectivity index (χ0n) is 18.5. The van der Waals surface area contributed by atoms with Crippen LogP contribution in [0.3, 0.4) is 0 Å². The van der Waals surface area contributed by atoms with Gasteiger partial charge in [-0.25, -0.2) is 13.1 Å². The summed E-state index contributed by atoms with van der Waals surface area (Å²) in [6, 6.07) is 17.0. The summed E-state index contributed by atoms with van der Waals surface area (Å²) in [6.07, 6.45) is 0.279. The van der Waals surface area contributed by atoms with Crippen molar-refractivity contribution < 1.29 is 17.9 Å². The molecule has 0 unspecified atom stereocenters. The smallest absolute Gasteiger partial charge is 0.240 e. The Morgan fingerprint density at radius 2 is 1.80 bits per heavy atom. The summed E-state index contributed by atoms with van der Waals surface area (Å²) < 4.78 is 35.1. The van der Waals surface area contributed by atoms with Crippen molar-refractivity contribution in [3.63, 3.8) is 0 Å². The molecule has 0 fully saturated rings. The SMILES string of the molecule is COc1ccc(S(=O)(=O)NCCc2nnc3ccc(SCC(=O)Nc4ccc(Br)cc4)nn23)cc1. The van der Waals surface area contributed by atoms with E-state index >= 15 is 0 Å².